The van der Waals surface area contributed by atoms with Crippen LogP contribution in [0.4, 0.5) is 0 Å². The summed E-state index contributed by atoms with van der Waals surface area (Å²) < 4.78 is 0. The Balaban J connectivity index is 2.21. The molecule has 1 heteroatoms. The molecule has 0 aromatic heterocycles. The summed E-state index contributed by atoms with van der Waals surface area (Å²) in [6, 6.07) is 8.89. The highest BCUT2D eigenvalue weighted by Crippen LogP contribution is 2.26. The van der Waals surface area contributed by atoms with E-state index in [0.29, 0.717) is 6.04 Å². The van der Waals surface area contributed by atoms with E-state index < -0.39 is 0 Å². The zero-order chi connectivity index (χ0) is 9.97. The summed E-state index contributed by atoms with van der Waals surface area (Å²) in [6.45, 7) is 2.15. The fraction of sp³-hybridized carbons (Fsp3) is 0.385. The Morgan fingerprint density at radius 2 is 2.14 bits per heavy atom. The largest absolute Gasteiger partial charge is 0.327 e. The van der Waals surface area contributed by atoms with Gasteiger partial charge in [0.2, 0.25) is 0 Å². The SMILES string of the molecule is Cc1ccccc1C=C1CCC(N)C1. The predicted octanol–water partition coefficient (Wildman–Crippen LogP) is 2.89. The Kier molecular flexibility index (Phi) is 2.69. The Morgan fingerprint density at radius 1 is 1.36 bits per heavy atom. The van der Waals surface area contributed by atoms with Gasteiger partial charge in [-0.3, -0.25) is 0 Å². The van der Waals surface area contributed by atoms with Gasteiger partial charge in [0.05, 0.1) is 0 Å². The molecule has 0 aliphatic heterocycles. The van der Waals surface area contributed by atoms with Crippen LogP contribution in [0.15, 0.2) is 29.8 Å². The van der Waals surface area contributed by atoms with Crippen LogP contribution in [0.3, 0.4) is 0 Å². The Hall–Kier alpha value is -1.08. The van der Waals surface area contributed by atoms with Crippen LogP contribution in [0.25, 0.3) is 6.08 Å². The minimum absolute atomic E-state index is 0.394. The summed E-state index contributed by atoms with van der Waals surface area (Å²) in [5.74, 6) is 0. The van der Waals surface area contributed by atoms with Crippen LogP contribution in [0.5, 0.6) is 0 Å². The van der Waals surface area contributed by atoms with Crippen molar-refractivity contribution in [1.29, 1.82) is 0 Å². The van der Waals surface area contributed by atoms with Crippen LogP contribution in [0.1, 0.15) is 30.4 Å². The molecule has 1 atom stereocenters. The summed E-state index contributed by atoms with van der Waals surface area (Å²) in [5.41, 5.74) is 10.1. The van der Waals surface area contributed by atoms with Crippen molar-refractivity contribution in [3.63, 3.8) is 0 Å². The van der Waals surface area contributed by atoms with E-state index in [4.69, 9.17) is 5.73 Å². The smallest absolute Gasteiger partial charge is 0.00792 e. The molecule has 1 aromatic rings. The summed E-state index contributed by atoms with van der Waals surface area (Å²) in [4.78, 5) is 0. The number of aryl methyl sites for hydroxylation is 1. The molecule has 1 aliphatic carbocycles. The van der Waals surface area contributed by atoms with E-state index >= 15 is 0 Å². The van der Waals surface area contributed by atoms with E-state index in [-0.39, 0.29) is 0 Å². The van der Waals surface area contributed by atoms with Gasteiger partial charge in [-0.05, 0) is 37.3 Å². The Labute approximate surface area is 85.6 Å². The normalized spacial score (nSPS) is 24.4. The molecule has 74 valence electrons. The minimum atomic E-state index is 0.394. The predicted molar refractivity (Wildman–Crippen MR) is 61.0 cm³/mol. The highest BCUT2D eigenvalue weighted by atomic mass is 14.6. The van der Waals surface area contributed by atoms with Crippen molar-refractivity contribution in [3.05, 3.63) is 41.0 Å². The maximum absolute atomic E-state index is 5.88. The first-order chi connectivity index (χ1) is 6.75. The summed E-state index contributed by atoms with van der Waals surface area (Å²) in [6.07, 6.45) is 5.71. The van der Waals surface area contributed by atoms with E-state index in [1.54, 1.807) is 0 Å². The fourth-order valence-electron chi connectivity index (χ4n) is 2.01. The van der Waals surface area contributed by atoms with Gasteiger partial charge < -0.3 is 5.73 Å². The van der Waals surface area contributed by atoms with Crippen LogP contribution in [0, 0.1) is 6.92 Å². The van der Waals surface area contributed by atoms with E-state index in [1.807, 2.05) is 0 Å². The van der Waals surface area contributed by atoms with Crippen LogP contribution in [-0.4, -0.2) is 6.04 Å². The highest BCUT2D eigenvalue weighted by molar-refractivity contribution is 5.57. The van der Waals surface area contributed by atoms with Crippen molar-refractivity contribution in [1.82, 2.24) is 0 Å². The van der Waals surface area contributed by atoms with Crippen LogP contribution in [-0.2, 0) is 0 Å². The maximum atomic E-state index is 5.88. The molecule has 1 aliphatic rings. The quantitative estimate of drug-likeness (QED) is 0.718. The lowest BCUT2D eigenvalue weighted by atomic mass is 10.1. The number of rotatable bonds is 1. The lowest BCUT2D eigenvalue weighted by molar-refractivity contribution is 0.711. The van der Waals surface area contributed by atoms with E-state index in [2.05, 4.69) is 37.3 Å². The third-order valence-corrected chi connectivity index (χ3v) is 2.91. The van der Waals surface area contributed by atoms with Gasteiger partial charge in [0, 0.05) is 6.04 Å². The molecule has 2 rings (SSSR count). The second-order valence-corrected chi connectivity index (χ2v) is 4.16. The number of benzene rings is 1. The van der Waals surface area contributed by atoms with Gasteiger partial charge >= 0.3 is 0 Å². The molecule has 0 heterocycles. The van der Waals surface area contributed by atoms with Crippen LogP contribution >= 0.6 is 0 Å². The van der Waals surface area contributed by atoms with Crippen molar-refractivity contribution >= 4 is 6.08 Å². The lowest BCUT2D eigenvalue weighted by Gasteiger charge is -2.01. The van der Waals surface area contributed by atoms with Gasteiger partial charge in [-0.25, -0.2) is 0 Å². The molecule has 14 heavy (non-hydrogen) atoms. The first kappa shape index (κ1) is 9.47. The molecular weight excluding hydrogens is 170 g/mol. The monoisotopic (exact) mass is 187 g/mol. The Bertz CT molecular complexity index is 352. The first-order valence-corrected chi connectivity index (χ1v) is 5.26. The highest BCUT2D eigenvalue weighted by Gasteiger charge is 2.14. The van der Waals surface area contributed by atoms with Crippen molar-refractivity contribution in [3.8, 4) is 0 Å². The van der Waals surface area contributed by atoms with Crippen molar-refractivity contribution in [2.24, 2.45) is 5.73 Å². The lowest BCUT2D eigenvalue weighted by Crippen LogP contribution is -2.13. The molecule has 1 nitrogen and oxygen atoms in total. The van der Waals surface area contributed by atoms with Gasteiger partial charge in [-0.15, -0.1) is 0 Å². The van der Waals surface area contributed by atoms with Crippen molar-refractivity contribution in [2.75, 3.05) is 0 Å². The number of nitrogens with two attached hydrogens (primary N) is 1. The molecule has 0 spiro atoms. The van der Waals surface area contributed by atoms with Crippen LogP contribution in [0.2, 0.25) is 0 Å². The summed E-state index contributed by atoms with van der Waals surface area (Å²) in [5, 5.41) is 0. The average molecular weight is 187 g/mol. The molecule has 0 bridgehead atoms. The topological polar surface area (TPSA) is 26.0 Å². The minimum Gasteiger partial charge on any atom is -0.327 e. The van der Waals surface area contributed by atoms with Crippen molar-refractivity contribution < 1.29 is 0 Å². The van der Waals surface area contributed by atoms with E-state index in [9.17, 15) is 0 Å². The van der Waals surface area contributed by atoms with Gasteiger partial charge in [-0.1, -0.05) is 35.9 Å². The second-order valence-electron chi connectivity index (χ2n) is 4.16. The molecule has 2 N–H and O–H groups in total. The molecule has 0 radical (unpaired) electrons. The number of hydrogen-bond donors (Lipinski definition) is 1. The van der Waals surface area contributed by atoms with Crippen molar-refractivity contribution in [2.45, 2.75) is 32.2 Å². The second kappa shape index (κ2) is 3.97. The maximum Gasteiger partial charge on any atom is 0.00792 e. The van der Waals surface area contributed by atoms with Gasteiger partial charge in [0.25, 0.3) is 0 Å². The molecule has 1 fully saturated rings. The third kappa shape index (κ3) is 2.05. The molecule has 0 amide bonds. The average Bonchev–Trinajstić information content (AvgIpc) is 2.56. The molecule has 1 aromatic carbocycles. The van der Waals surface area contributed by atoms with Gasteiger partial charge in [-0.2, -0.15) is 0 Å². The fourth-order valence-corrected chi connectivity index (χ4v) is 2.01. The third-order valence-electron chi connectivity index (χ3n) is 2.91. The molecule has 1 unspecified atom stereocenters. The zero-order valence-electron chi connectivity index (χ0n) is 8.66. The Morgan fingerprint density at radius 3 is 2.79 bits per heavy atom. The molecule has 1 saturated carbocycles. The number of hydrogen-bond acceptors (Lipinski definition) is 1. The summed E-state index contributed by atoms with van der Waals surface area (Å²) >= 11 is 0. The first-order valence-electron chi connectivity index (χ1n) is 5.26. The van der Waals surface area contributed by atoms with E-state index in [1.165, 1.54) is 23.1 Å². The van der Waals surface area contributed by atoms with Crippen LogP contribution < -0.4 is 5.73 Å². The zero-order valence-corrected chi connectivity index (χ0v) is 8.66. The molecule has 0 saturated heterocycles. The van der Waals surface area contributed by atoms with E-state index in [0.717, 1.165) is 12.8 Å². The summed E-state index contributed by atoms with van der Waals surface area (Å²) in [7, 11) is 0. The standard InChI is InChI=1S/C13H17N/c1-10-4-2-3-5-12(10)8-11-6-7-13(14)9-11/h2-5,8,13H,6-7,9,14H2,1H3. The van der Waals surface area contributed by atoms with Gasteiger partial charge in [0.1, 0.15) is 0 Å². The van der Waals surface area contributed by atoms with Gasteiger partial charge in [0.15, 0.2) is 0 Å². The molecular formula is C13H17N.